The highest BCUT2D eigenvalue weighted by atomic mass is 35.5. The molecule has 116 valence electrons. The minimum Gasteiger partial charge on any atom is -0.507 e. The molecule has 2 rings (SSSR count). The van der Waals surface area contributed by atoms with E-state index in [1.54, 1.807) is 0 Å². The summed E-state index contributed by atoms with van der Waals surface area (Å²) < 4.78 is 24.2. The average molecular weight is 361 g/mol. The summed E-state index contributed by atoms with van der Waals surface area (Å²) >= 11 is 11.5. The molecule has 2 aromatic carbocycles. The lowest BCUT2D eigenvalue weighted by Gasteiger charge is -2.10. The first-order chi connectivity index (χ1) is 10.3. The van der Waals surface area contributed by atoms with Gasteiger partial charge in [0.15, 0.2) is 0 Å². The highest BCUT2D eigenvalue weighted by Gasteiger charge is 2.20. The largest absolute Gasteiger partial charge is 0.507 e. The van der Waals surface area contributed by atoms with Crippen molar-refractivity contribution in [1.82, 2.24) is 10.3 Å². The molecule has 0 unspecified atom stereocenters. The van der Waals surface area contributed by atoms with Crippen LogP contribution in [-0.2, 0) is 10.0 Å². The Morgan fingerprint density at radius 1 is 1.09 bits per heavy atom. The van der Waals surface area contributed by atoms with Gasteiger partial charge in [-0.2, -0.15) is 0 Å². The Labute approximate surface area is 136 Å². The lowest BCUT2D eigenvalue weighted by molar-refractivity contribution is 0.0942. The topological polar surface area (TPSA) is 95.5 Å². The quantitative estimate of drug-likeness (QED) is 0.729. The minimum absolute atomic E-state index is 0.0475. The molecular weight excluding hydrogens is 351 g/mol. The van der Waals surface area contributed by atoms with Crippen molar-refractivity contribution in [3.05, 3.63) is 58.1 Å². The standard InChI is InChI=1S/C13H10Cl2N2O4S/c14-8-5-6-10(15)12(7-8)22(20,21)17-16-13(19)9-3-1-2-4-11(9)18/h1-7,17-18H,(H,16,19). The molecule has 9 heteroatoms. The maximum Gasteiger partial charge on any atom is 0.269 e. The van der Waals surface area contributed by atoms with Crippen molar-refractivity contribution in [3.8, 4) is 5.75 Å². The predicted molar refractivity (Wildman–Crippen MR) is 82.4 cm³/mol. The summed E-state index contributed by atoms with van der Waals surface area (Å²) in [6, 6.07) is 9.60. The highest BCUT2D eigenvalue weighted by molar-refractivity contribution is 7.89. The summed E-state index contributed by atoms with van der Waals surface area (Å²) in [5.41, 5.74) is 1.91. The monoisotopic (exact) mass is 360 g/mol. The number of hydrazine groups is 1. The van der Waals surface area contributed by atoms with Crippen molar-refractivity contribution >= 4 is 39.1 Å². The van der Waals surface area contributed by atoms with Crippen molar-refractivity contribution in [2.24, 2.45) is 0 Å². The number of nitrogens with one attached hydrogen (secondary N) is 2. The number of aromatic hydroxyl groups is 1. The molecule has 0 aliphatic carbocycles. The SMILES string of the molecule is O=C(NNS(=O)(=O)c1cc(Cl)ccc1Cl)c1ccccc1O. The average Bonchev–Trinajstić information content (AvgIpc) is 2.48. The number of hydrogen-bond acceptors (Lipinski definition) is 4. The number of phenols is 1. The fourth-order valence-corrected chi connectivity index (χ4v) is 3.19. The van der Waals surface area contributed by atoms with Gasteiger partial charge < -0.3 is 5.11 Å². The van der Waals surface area contributed by atoms with E-state index in [0.29, 0.717) is 0 Å². The van der Waals surface area contributed by atoms with Crippen LogP contribution < -0.4 is 10.3 Å². The van der Waals surface area contributed by atoms with E-state index in [0.717, 1.165) is 6.07 Å². The predicted octanol–water partition coefficient (Wildman–Crippen LogP) is 2.32. The normalized spacial score (nSPS) is 11.2. The third-order valence-corrected chi connectivity index (χ3v) is 4.59. The van der Waals surface area contributed by atoms with E-state index in [9.17, 15) is 18.3 Å². The number of hydrogen-bond donors (Lipinski definition) is 3. The molecule has 6 nitrogen and oxygen atoms in total. The zero-order chi connectivity index (χ0) is 16.3. The van der Waals surface area contributed by atoms with Crippen LogP contribution in [0.5, 0.6) is 5.75 Å². The number of sulfonamides is 1. The second kappa shape index (κ2) is 6.53. The first kappa shape index (κ1) is 16.6. The Morgan fingerprint density at radius 2 is 1.77 bits per heavy atom. The molecule has 0 radical (unpaired) electrons. The Balaban J connectivity index is 2.18. The van der Waals surface area contributed by atoms with Gasteiger partial charge in [0.2, 0.25) is 0 Å². The molecule has 0 aliphatic heterocycles. The van der Waals surface area contributed by atoms with Gasteiger partial charge in [0.1, 0.15) is 10.6 Å². The minimum atomic E-state index is -4.11. The Bertz CT molecular complexity index is 825. The van der Waals surface area contributed by atoms with Crippen molar-refractivity contribution in [1.29, 1.82) is 0 Å². The molecular formula is C13H10Cl2N2O4S. The van der Waals surface area contributed by atoms with Crippen molar-refractivity contribution in [2.75, 3.05) is 0 Å². The van der Waals surface area contributed by atoms with Gasteiger partial charge in [0, 0.05) is 5.02 Å². The second-order valence-electron chi connectivity index (χ2n) is 4.15. The summed E-state index contributed by atoms with van der Waals surface area (Å²) in [6.07, 6.45) is 0. The van der Waals surface area contributed by atoms with Gasteiger partial charge in [-0.1, -0.05) is 35.3 Å². The molecule has 3 N–H and O–H groups in total. The second-order valence-corrected chi connectivity index (χ2v) is 6.65. The van der Waals surface area contributed by atoms with Crippen LogP contribution in [0, 0.1) is 0 Å². The van der Waals surface area contributed by atoms with Crippen LogP contribution >= 0.6 is 23.2 Å². The Hall–Kier alpha value is -1.80. The van der Waals surface area contributed by atoms with Crippen LogP contribution in [0.1, 0.15) is 10.4 Å². The zero-order valence-corrected chi connectivity index (χ0v) is 13.2. The van der Waals surface area contributed by atoms with E-state index in [4.69, 9.17) is 23.2 Å². The van der Waals surface area contributed by atoms with Crippen LogP contribution in [0.15, 0.2) is 47.4 Å². The number of carbonyl (C=O) groups excluding carboxylic acids is 1. The lowest BCUT2D eigenvalue weighted by atomic mass is 10.2. The smallest absolute Gasteiger partial charge is 0.269 e. The molecule has 0 atom stereocenters. The maximum absolute atomic E-state index is 12.1. The van der Waals surface area contributed by atoms with Gasteiger partial charge in [-0.3, -0.25) is 10.2 Å². The van der Waals surface area contributed by atoms with Gasteiger partial charge in [0.05, 0.1) is 10.6 Å². The molecule has 0 bridgehead atoms. The van der Waals surface area contributed by atoms with E-state index in [1.165, 1.54) is 36.4 Å². The summed E-state index contributed by atoms with van der Waals surface area (Å²) in [7, 11) is -4.11. The number of benzene rings is 2. The third kappa shape index (κ3) is 3.69. The Morgan fingerprint density at radius 3 is 2.45 bits per heavy atom. The van der Waals surface area contributed by atoms with Gasteiger partial charge >= 0.3 is 0 Å². The van der Waals surface area contributed by atoms with E-state index < -0.39 is 15.9 Å². The van der Waals surface area contributed by atoms with Gasteiger partial charge in [0.25, 0.3) is 15.9 Å². The van der Waals surface area contributed by atoms with Gasteiger partial charge in [-0.05, 0) is 30.3 Å². The maximum atomic E-state index is 12.1. The number of phenolic OH excluding ortho intramolecular Hbond substituents is 1. The molecule has 0 saturated carbocycles. The summed E-state index contributed by atoms with van der Waals surface area (Å²) in [5.74, 6) is -1.10. The number of carbonyl (C=O) groups is 1. The number of rotatable bonds is 4. The molecule has 0 heterocycles. The van der Waals surface area contributed by atoms with E-state index in [2.05, 4.69) is 0 Å². The molecule has 0 aliphatic rings. The fraction of sp³-hybridized carbons (Fsp3) is 0. The molecule has 0 fully saturated rings. The van der Waals surface area contributed by atoms with Crippen LogP contribution in [0.4, 0.5) is 0 Å². The molecule has 22 heavy (non-hydrogen) atoms. The first-order valence-corrected chi connectivity index (χ1v) is 8.10. The molecule has 2 aromatic rings. The van der Waals surface area contributed by atoms with Gasteiger partial charge in [-0.15, -0.1) is 4.83 Å². The third-order valence-electron chi connectivity index (χ3n) is 2.63. The summed E-state index contributed by atoms with van der Waals surface area (Å²) in [5, 5.41) is 9.66. The van der Waals surface area contributed by atoms with E-state index in [-0.39, 0.29) is 26.3 Å². The van der Waals surface area contributed by atoms with Crippen LogP contribution in [0.25, 0.3) is 0 Å². The first-order valence-electron chi connectivity index (χ1n) is 5.86. The number of para-hydroxylation sites is 1. The van der Waals surface area contributed by atoms with E-state index in [1.807, 2.05) is 10.3 Å². The lowest BCUT2D eigenvalue weighted by Crippen LogP contribution is -2.41. The number of amides is 1. The van der Waals surface area contributed by atoms with Crippen molar-refractivity contribution in [3.63, 3.8) is 0 Å². The zero-order valence-electron chi connectivity index (χ0n) is 10.9. The fourth-order valence-electron chi connectivity index (χ4n) is 1.58. The highest BCUT2D eigenvalue weighted by Crippen LogP contribution is 2.24. The molecule has 0 saturated heterocycles. The van der Waals surface area contributed by atoms with Crippen LogP contribution in [0.3, 0.4) is 0 Å². The van der Waals surface area contributed by atoms with Gasteiger partial charge in [-0.25, -0.2) is 8.42 Å². The molecule has 1 amide bonds. The van der Waals surface area contributed by atoms with Crippen molar-refractivity contribution in [2.45, 2.75) is 4.90 Å². The Kier molecular flexibility index (Phi) is 4.92. The number of halogens is 2. The molecule has 0 aromatic heterocycles. The van der Waals surface area contributed by atoms with Crippen LogP contribution in [-0.4, -0.2) is 19.4 Å². The van der Waals surface area contributed by atoms with E-state index >= 15 is 0 Å². The molecule has 0 spiro atoms. The van der Waals surface area contributed by atoms with Crippen molar-refractivity contribution < 1.29 is 18.3 Å². The summed E-state index contributed by atoms with van der Waals surface area (Å²) in [4.78, 5) is 13.4. The van der Waals surface area contributed by atoms with Crippen LogP contribution in [0.2, 0.25) is 10.0 Å². The summed E-state index contributed by atoms with van der Waals surface area (Å²) in [6.45, 7) is 0.